The highest BCUT2D eigenvalue weighted by molar-refractivity contribution is 6.02. The van der Waals surface area contributed by atoms with Crippen LogP contribution in [0.25, 0.3) is 6.08 Å². The van der Waals surface area contributed by atoms with E-state index in [2.05, 4.69) is 10.6 Å². The average Bonchev–Trinajstić information content (AvgIpc) is 2.45. The number of hydrogen-bond donors (Lipinski definition) is 2. The molecule has 0 spiro atoms. The second-order valence-electron chi connectivity index (χ2n) is 6.66. The maximum atomic E-state index is 12.3. The van der Waals surface area contributed by atoms with Crippen molar-refractivity contribution in [3.63, 3.8) is 0 Å². The Hall–Kier alpha value is -2.30. The van der Waals surface area contributed by atoms with Gasteiger partial charge in [-0.25, -0.2) is 0 Å². The second kappa shape index (κ2) is 7.81. The molecule has 1 aromatic rings. The fourth-order valence-corrected chi connectivity index (χ4v) is 1.67. The quantitative estimate of drug-likeness (QED) is 0.820. The van der Waals surface area contributed by atoms with Crippen molar-refractivity contribution in [3.8, 4) is 5.75 Å². The van der Waals surface area contributed by atoms with Crippen LogP contribution in [0.1, 0.15) is 40.2 Å². The molecule has 0 aliphatic carbocycles. The van der Waals surface area contributed by atoms with E-state index in [1.54, 1.807) is 46.1 Å². The Bertz CT molecular complexity index is 581. The van der Waals surface area contributed by atoms with Crippen LogP contribution in [0.4, 0.5) is 0 Å². The number of methoxy groups -OCH3 is 1. The molecule has 0 unspecified atom stereocenters. The van der Waals surface area contributed by atoms with Crippen LogP contribution in [-0.4, -0.2) is 25.0 Å². The summed E-state index contributed by atoms with van der Waals surface area (Å²) >= 11 is 0. The number of amides is 2. The van der Waals surface area contributed by atoms with Crippen molar-refractivity contribution in [2.24, 2.45) is 5.41 Å². The largest absolute Gasteiger partial charge is 0.497 e. The maximum absolute atomic E-state index is 12.3. The average molecular weight is 318 g/mol. The van der Waals surface area contributed by atoms with Crippen molar-refractivity contribution in [2.45, 2.75) is 40.7 Å². The molecule has 0 aliphatic heterocycles. The molecule has 0 saturated heterocycles. The van der Waals surface area contributed by atoms with Crippen LogP contribution in [0.5, 0.6) is 5.75 Å². The van der Waals surface area contributed by atoms with E-state index >= 15 is 0 Å². The van der Waals surface area contributed by atoms with Crippen molar-refractivity contribution in [3.05, 3.63) is 35.5 Å². The number of hydrogen-bond acceptors (Lipinski definition) is 3. The molecule has 2 N–H and O–H groups in total. The van der Waals surface area contributed by atoms with E-state index in [-0.39, 0.29) is 23.6 Å². The van der Waals surface area contributed by atoms with Gasteiger partial charge in [0.2, 0.25) is 5.91 Å². The number of benzene rings is 1. The maximum Gasteiger partial charge on any atom is 0.268 e. The number of rotatable bonds is 5. The van der Waals surface area contributed by atoms with Crippen LogP contribution in [0.15, 0.2) is 30.0 Å². The van der Waals surface area contributed by atoms with Crippen LogP contribution in [0, 0.1) is 5.41 Å². The molecule has 0 aliphatic rings. The van der Waals surface area contributed by atoms with Gasteiger partial charge in [-0.3, -0.25) is 9.59 Å². The molecule has 0 fully saturated rings. The minimum absolute atomic E-state index is 0.0201. The normalized spacial score (nSPS) is 12.0. The van der Waals surface area contributed by atoms with E-state index in [1.165, 1.54) is 0 Å². The van der Waals surface area contributed by atoms with E-state index in [4.69, 9.17) is 4.74 Å². The number of ether oxygens (including phenoxy) is 1. The van der Waals surface area contributed by atoms with Gasteiger partial charge in [-0.2, -0.15) is 0 Å². The van der Waals surface area contributed by atoms with Crippen molar-refractivity contribution in [1.29, 1.82) is 0 Å². The van der Waals surface area contributed by atoms with Gasteiger partial charge >= 0.3 is 0 Å². The molecular weight excluding hydrogens is 292 g/mol. The third kappa shape index (κ3) is 6.14. The lowest BCUT2D eigenvalue weighted by molar-refractivity contribution is -0.129. The zero-order valence-electron chi connectivity index (χ0n) is 14.7. The molecule has 0 atom stereocenters. The Morgan fingerprint density at radius 2 is 1.70 bits per heavy atom. The summed E-state index contributed by atoms with van der Waals surface area (Å²) in [7, 11) is 1.59. The van der Waals surface area contributed by atoms with Crippen LogP contribution in [0.3, 0.4) is 0 Å². The number of carbonyl (C=O) groups excluding carboxylic acids is 2. The third-order valence-electron chi connectivity index (χ3n) is 3.02. The Morgan fingerprint density at radius 1 is 1.13 bits per heavy atom. The first-order valence-corrected chi connectivity index (χ1v) is 7.61. The lowest BCUT2D eigenvalue weighted by Crippen LogP contribution is -2.41. The lowest BCUT2D eigenvalue weighted by atomic mass is 9.95. The van der Waals surface area contributed by atoms with Crippen molar-refractivity contribution in [1.82, 2.24) is 10.6 Å². The van der Waals surface area contributed by atoms with Crippen LogP contribution in [-0.2, 0) is 9.59 Å². The monoisotopic (exact) mass is 318 g/mol. The Balaban J connectivity index is 3.08. The predicted octanol–water partition coefficient (Wildman–Crippen LogP) is 2.72. The smallest absolute Gasteiger partial charge is 0.268 e. The van der Waals surface area contributed by atoms with Gasteiger partial charge in [0.15, 0.2) is 0 Å². The van der Waals surface area contributed by atoms with Gasteiger partial charge < -0.3 is 15.4 Å². The molecule has 23 heavy (non-hydrogen) atoms. The van der Waals surface area contributed by atoms with Crippen LogP contribution in [0.2, 0.25) is 0 Å². The fraction of sp³-hybridized carbons (Fsp3) is 0.444. The van der Waals surface area contributed by atoms with Crippen LogP contribution < -0.4 is 15.4 Å². The highest BCUT2D eigenvalue weighted by Crippen LogP contribution is 2.16. The highest BCUT2D eigenvalue weighted by atomic mass is 16.5. The minimum atomic E-state index is -0.586. The lowest BCUT2D eigenvalue weighted by Gasteiger charge is -2.20. The standard InChI is InChI=1S/C18H26N2O3/c1-12(2)19-16(21)15(20-17(22)18(3,4)5)11-13-7-9-14(23-6)10-8-13/h7-12H,1-6H3,(H,19,21)(H,20,22)/b15-11+. The van der Waals surface area contributed by atoms with Gasteiger partial charge in [0.25, 0.3) is 5.91 Å². The van der Waals surface area contributed by atoms with E-state index in [1.807, 2.05) is 26.0 Å². The van der Waals surface area contributed by atoms with E-state index in [9.17, 15) is 9.59 Å². The Morgan fingerprint density at radius 3 is 2.13 bits per heavy atom. The topological polar surface area (TPSA) is 67.4 Å². The summed E-state index contributed by atoms with van der Waals surface area (Å²) in [6.45, 7) is 9.14. The summed E-state index contributed by atoms with van der Waals surface area (Å²) in [6.07, 6.45) is 1.65. The first-order valence-electron chi connectivity index (χ1n) is 7.61. The SMILES string of the molecule is COc1ccc(/C=C(/NC(=O)C(C)(C)C)C(=O)NC(C)C)cc1. The van der Waals surface area contributed by atoms with Crippen molar-refractivity contribution >= 4 is 17.9 Å². The molecule has 0 aromatic heterocycles. The molecule has 0 saturated carbocycles. The molecular formula is C18H26N2O3. The highest BCUT2D eigenvalue weighted by Gasteiger charge is 2.24. The van der Waals surface area contributed by atoms with Gasteiger partial charge in [-0.15, -0.1) is 0 Å². The molecule has 5 nitrogen and oxygen atoms in total. The predicted molar refractivity (Wildman–Crippen MR) is 91.8 cm³/mol. The van der Waals surface area contributed by atoms with E-state index in [0.717, 1.165) is 11.3 Å². The first kappa shape index (κ1) is 18.7. The van der Waals surface area contributed by atoms with Gasteiger partial charge in [0.1, 0.15) is 11.4 Å². The first-order chi connectivity index (χ1) is 10.6. The summed E-state index contributed by atoms with van der Waals surface area (Å²) in [5.74, 6) is 0.207. The molecule has 5 heteroatoms. The second-order valence-corrected chi connectivity index (χ2v) is 6.66. The third-order valence-corrected chi connectivity index (χ3v) is 3.02. The van der Waals surface area contributed by atoms with E-state index < -0.39 is 5.41 Å². The molecule has 126 valence electrons. The van der Waals surface area contributed by atoms with Gasteiger partial charge in [-0.05, 0) is 37.6 Å². The number of nitrogens with one attached hydrogen (secondary N) is 2. The molecule has 0 bridgehead atoms. The van der Waals surface area contributed by atoms with E-state index in [0.29, 0.717) is 0 Å². The van der Waals surface area contributed by atoms with Gasteiger partial charge in [0, 0.05) is 11.5 Å². The van der Waals surface area contributed by atoms with Crippen molar-refractivity contribution in [2.75, 3.05) is 7.11 Å². The van der Waals surface area contributed by atoms with Crippen LogP contribution >= 0.6 is 0 Å². The minimum Gasteiger partial charge on any atom is -0.497 e. The van der Waals surface area contributed by atoms with Gasteiger partial charge in [-0.1, -0.05) is 32.9 Å². The molecule has 1 aromatic carbocycles. The molecule has 2 amide bonds. The van der Waals surface area contributed by atoms with Gasteiger partial charge in [0.05, 0.1) is 7.11 Å². The zero-order valence-corrected chi connectivity index (χ0v) is 14.7. The number of carbonyl (C=O) groups is 2. The Labute approximate surface area is 138 Å². The summed E-state index contributed by atoms with van der Waals surface area (Å²) < 4.78 is 5.11. The summed E-state index contributed by atoms with van der Waals surface area (Å²) in [4.78, 5) is 24.5. The fourth-order valence-electron chi connectivity index (χ4n) is 1.67. The summed E-state index contributed by atoms with van der Waals surface area (Å²) in [5.41, 5.74) is 0.439. The Kier molecular flexibility index (Phi) is 6.37. The zero-order chi connectivity index (χ0) is 17.6. The molecule has 0 heterocycles. The summed E-state index contributed by atoms with van der Waals surface area (Å²) in [6, 6.07) is 7.23. The molecule has 1 rings (SSSR count). The summed E-state index contributed by atoms with van der Waals surface area (Å²) in [5, 5.41) is 5.51. The molecule has 0 radical (unpaired) electrons. The van der Waals surface area contributed by atoms with Crippen molar-refractivity contribution < 1.29 is 14.3 Å².